The van der Waals surface area contributed by atoms with Gasteiger partial charge < -0.3 is 10.4 Å². The molecule has 5 heteroatoms. The predicted octanol–water partition coefficient (Wildman–Crippen LogP) is 2.82. The summed E-state index contributed by atoms with van der Waals surface area (Å²) in [5, 5.41) is 11.8. The average Bonchev–Trinajstić information content (AvgIpc) is 2.42. The van der Waals surface area contributed by atoms with Gasteiger partial charge in [0.1, 0.15) is 0 Å². The molecule has 0 aliphatic rings. The molecule has 2 N–H and O–H groups in total. The van der Waals surface area contributed by atoms with Gasteiger partial charge in [-0.15, -0.1) is 0 Å². The quantitative estimate of drug-likeness (QED) is 0.688. The third-order valence-corrected chi connectivity index (χ3v) is 4.26. The van der Waals surface area contributed by atoms with E-state index in [9.17, 15) is 9.59 Å². The van der Waals surface area contributed by atoms with E-state index >= 15 is 0 Å². The largest absolute Gasteiger partial charge is 0.478 e. The van der Waals surface area contributed by atoms with Crippen LogP contribution in [-0.2, 0) is 11.2 Å². The maximum atomic E-state index is 11.8. The Morgan fingerprint density at radius 2 is 2.10 bits per heavy atom. The van der Waals surface area contributed by atoms with Crippen molar-refractivity contribution < 1.29 is 14.7 Å². The zero-order valence-corrected chi connectivity index (χ0v) is 13.4. The smallest absolute Gasteiger partial charge is 0.335 e. The fourth-order valence-electron chi connectivity index (χ4n) is 1.78. The van der Waals surface area contributed by atoms with Crippen molar-refractivity contribution in [1.29, 1.82) is 0 Å². The SMILES string of the molecule is CC(C)CSCCCNC(=O)Cc1cccc(C(=O)O)c1. The van der Waals surface area contributed by atoms with E-state index in [2.05, 4.69) is 19.2 Å². The molecular formula is C16H23NO3S. The number of amides is 1. The number of nitrogens with one attached hydrogen (secondary N) is 1. The maximum Gasteiger partial charge on any atom is 0.335 e. The molecule has 0 fully saturated rings. The molecule has 0 radical (unpaired) electrons. The molecule has 0 spiro atoms. The molecule has 1 rings (SSSR count). The van der Waals surface area contributed by atoms with Crippen molar-refractivity contribution in [2.24, 2.45) is 5.92 Å². The number of thioether (sulfide) groups is 1. The minimum Gasteiger partial charge on any atom is -0.478 e. The van der Waals surface area contributed by atoms with Gasteiger partial charge in [-0.25, -0.2) is 4.79 Å². The van der Waals surface area contributed by atoms with Crippen LogP contribution in [0.1, 0.15) is 36.2 Å². The summed E-state index contributed by atoms with van der Waals surface area (Å²) >= 11 is 1.91. The van der Waals surface area contributed by atoms with Crippen molar-refractivity contribution in [3.05, 3.63) is 35.4 Å². The van der Waals surface area contributed by atoms with Crippen molar-refractivity contribution >= 4 is 23.6 Å². The Balaban J connectivity index is 2.24. The summed E-state index contributed by atoms with van der Waals surface area (Å²) in [6, 6.07) is 6.50. The van der Waals surface area contributed by atoms with E-state index in [0.29, 0.717) is 12.5 Å². The molecule has 1 aromatic rings. The highest BCUT2D eigenvalue weighted by atomic mass is 32.2. The van der Waals surface area contributed by atoms with Crippen LogP contribution in [0.2, 0.25) is 0 Å². The first kappa shape index (κ1) is 17.6. The highest BCUT2D eigenvalue weighted by Gasteiger charge is 2.06. The third-order valence-electron chi connectivity index (χ3n) is 2.78. The number of carboxylic acids is 1. The molecule has 21 heavy (non-hydrogen) atoms. The number of carboxylic acid groups (broad SMARTS) is 1. The van der Waals surface area contributed by atoms with Crippen LogP contribution in [0.3, 0.4) is 0 Å². The number of aromatic carboxylic acids is 1. The van der Waals surface area contributed by atoms with E-state index < -0.39 is 5.97 Å². The summed E-state index contributed by atoms with van der Waals surface area (Å²) in [6.45, 7) is 5.06. The Morgan fingerprint density at radius 3 is 2.76 bits per heavy atom. The molecule has 0 aromatic heterocycles. The van der Waals surface area contributed by atoms with Gasteiger partial charge in [0.2, 0.25) is 5.91 Å². The summed E-state index contributed by atoms with van der Waals surface area (Å²) in [5.74, 6) is 1.86. The van der Waals surface area contributed by atoms with E-state index in [1.165, 1.54) is 6.07 Å². The van der Waals surface area contributed by atoms with Crippen LogP contribution >= 0.6 is 11.8 Å². The van der Waals surface area contributed by atoms with Crippen LogP contribution in [0.5, 0.6) is 0 Å². The number of carbonyl (C=O) groups is 2. The van der Waals surface area contributed by atoms with Gasteiger partial charge in [-0.3, -0.25) is 4.79 Å². The molecular weight excluding hydrogens is 286 g/mol. The van der Waals surface area contributed by atoms with Crippen LogP contribution in [0.25, 0.3) is 0 Å². The highest BCUT2D eigenvalue weighted by Crippen LogP contribution is 2.08. The second kappa shape index (κ2) is 9.45. The van der Waals surface area contributed by atoms with Gasteiger partial charge in [0, 0.05) is 6.54 Å². The lowest BCUT2D eigenvalue weighted by Crippen LogP contribution is -2.26. The van der Waals surface area contributed by atoms with Crippen LogP contribution in [0.15, 0.2) is 24.3 Å². The second-order valence-corrected chi connectivity index (χ2v) is 6.50. The first-order valence-corrected chi connectivity index (χ1v) is 8.31. The van der Waals surface area contributed by atoms with Crippen LogP contribution in [0.4, 0.5) is 0 Å². The minimum atomic E-state index is -0.973. The van der Waals surface area contributed by atoms with Crippen molar-refractivity contribution in [2.45, 2.75) is 26.7 Å². The third kappa shape index (κ3) is 7.75. The van der Waals surface area contributed by atoms with Crippen molar-refractivity contribution in [3.63, 3.8) is 0 Å². The van der Waals surface area contributed by atoms with Crippen molar-refractivity contribution in [3.8, 4) is 0 Å². The fourth-order valence-corrected chi connectivity index (χ4v) is 2.77. The topological polar surface area (TPSA) is 66.4 Å². The van der Waals surface area contributed by atoms with E-state index in [1.807, 2.05) is 11.8 Å². The molecule has 0 atom stereocenters. The number of rotatable bonds is 9. The summed E-state index contributed by atoms with van der Waals surface area (Å²) in [5.41, 5.74) is 0.937. The molecule has 0 saturated heterocycles. The Morgan fingerprint density at radius 1 is 1.33 bits per heavy atom. The first-order valence-electron chi connectivity index (χ1n) is 7.15. The molecule has 0 aliphatic carbocycles. The molecule has 0 saturated carbocycles. The van der Waals surface area contributed by atoms with Gasteiger partial charge in [-0.2, -0.15) is 11.8 Å². The van der Waals surface area contributed by atoms with Crippen LogP contribution < -0.4 is 5.32 Å². The fraction of sp³-hybridized carbons (Fsp3) is 0.500. The van der Waals surface area contributed by atoms with Gasteiger partial charge >= 0.3 is 5.97 Å². The molecule has 116 valence electrons. The van der Waals surface area contributed by atoms with E-state index in [-0.39, 0.29) is 17.9 Å². The van der Waals surface area contributed by atoms with Crippen LogP contribution in [-0.4, -0.2) is 35.0 Å². The van der Waals surface area contributed by atoms with E-state index in [1.54, 1.807) is 18.2 Å². The summed E-state index contributed by atoms with van der Waals surface area (Å²) < 4.78 is 0. The summed E-state index contributed by atoms with van der Waals surface area (Å²) in [4.78, 5) is 22.6. The van der Waals surface area contributed by atoms with Gasteiger partial charge in [-0.1, -0.05) is 26.0 Å². The summed E-state index contributed by atoms with van der Waals surface area (Å²) in [7, 11) is 0. The maximum absolute atomic E-state index is 11.8. The number of carbonyl (C=O) groups excluding carboxylic acids is 1. The molecule has 0 bridgehead atoms. The molecule has 0 unspecified atom stereocenters. The Bertz CT molecular complexity index is 474. The molecule has 4 nitrogen and oxygen atoms in total. The Labute approximate surface area is 130 Å². The van der Waals surface area contributed by atoms with Crippen molar-refractivity contribution in [1.82, 2.24) is 5.32 Å². The highest BCUT2D eigenvalue weighted by molar-refractivity contribution is 7.99. The van der Waals surface area contributed by atoms with Gasteiger partial charge in [0.25, 0.3) is 0 Å². The lowest BCUT2D eigenvalue weighted by Gasteiger charge is -2.07. The van der Waals surface area contributed by atoms with Gasteiger partial charge in [0.15, 0.2) is 0 Å². The van der Waals surface area contributed by atoms with Crippen molar-refractivity contribution in [2.75, 3.05) is 18.1 Å². The zero-order chi connectivity index (χ0) is 15.7. The lowest BCUT2D eigenvalue weighted by molar-refractivity contribution is -0.120. The normalized spacial score (nSPS) is 10.6. The zero-order valence-electron chi connectivity index (χ0n) is 12.6. The number of hydrogen-bond donors (Lipinski definition) is 2. The Hall–Kier alpha value is -1.49. The lowest BCUT2D eigenvalue weighted by atomic mass is 10.1. The molecule has 1 amide bonds. The van der Waals surface area contributed by atoms with Crippen LogP contribution in [0, 0.1) is 5.92 Å². The standard InChI is InChI=1S/C16H23NO3S/c1-12(2)11-21-8-4-7-17-15(18)10-13-5-3-6-14(9-13)16(19)20/h3,5-6,9,12H,4,7-8,10-11H2,1-2H3,(H,17,18)(H,19,20). The second-order valence-electron chi connectivity index (χ2n) is 5.35. The monoisotopic (exact) mass is 309 g/mol. The van der Waals surface area contributed by atoms with Gasteiger partial charge in [0.05, 0.1) is 12.0 Å². The molecule has 0 heterocycles. The average molecular weight is 309 g/mol. The summed E-state index contributed by atoms with van der Waals surface area (Å²) in [6.07, 6.45) is 1.18. The number of benzene rings is 1. The number of hydrogen-bond acceptors (Lipinski definition) is 3. The first-order chi connectivity index (χ1) is 9.99. The molecule has 1 aromatic carbocycles. The minimum absolute atomic E-state index is 0.0635. The van der Waals surface area contributed by atoms with Gasteiger partial charge in [-0.05, 0) is 41.5 Å². The Kier molecular flexibility index (Phi) is 7.90. The van der Waals surface area contributed by atoms with E-state index in [4.69, 9.17) is 5.11 Å². The van der Waals surface area contributed by atoms with E-state index in [0.717, 1.165) is 23.5 Å². The molecule has 0 aliphatic heterocycles. The predicted molar refractivity (Wildman–Crippen MR) is 86.9 cm³/mol.